The zero-order chi connectivity index (χ0) is 13.1. The number of nitrogens with zero attached hydrogens (tertiary/aromatic N) is 3. The van der Waals surface area contributed by atoms with Crippen molar-refractivity contribution in [3.05, 3.63) is 38.9 Å². The number of halogens is 1. The molecule has 1 heterocycles. The van der Waals surface area contributed by atoms with Gasteiger partial charge in [-0.3, -0.25) is 0 Å². The molecule has 0 fully saturated rings. The van der Waals surface area contributed by atoms with Gasteiger partial charge in [-0.25, -0.2) is 0 Å². The molecule has 2 rings (SSSR count). The van der Waals surface area contributed by atoms with Gasteiger partial charge in [0.1, 0.15) is 22.4 Å². The molecule has 92 valence electrons. The van der Waals surface area contributed by atoms with Crippen LogP contribution in [0.25, 0.3) is 0 Å². The van der Waals surface area contributed by atoms with Crippen LogP contribution in [0.2, 0.25) is 4.34 Å². The summed E-state index contributed by atoms with van der Waals surface area (Å²) in [7, 11) is 0. The average molecular weight is 280 g/mol. The fourth-order valence-corrected chi connectivity index (χ4v) is 2.27. The van der Waals surface area contributed by atoms with Crippen LogP contribution in [0.15, 0.2) is 12.1 Å². The molecule has 0 aliphatic carbocycles. The second-order valence-corrected chi connectivity index (χ2v) is 5.19. The number of nitriles is 1. The van der Waals surface area contributed by atoms with Crippen LogP contribution >= 0.6 is 23.1 Å². The quantitative estimate of drug-likeness (QED) is 0.865. The third kappa shape index (κ3) is 2.61. The molecular weight excluding hydrogens is 270 g/mol. The number of aromatic nitrogens is 2. The summed E-state index contributed by atoms with van der Waals surface area (Å²) >= 11 is 7.04. The minimum absolute atomic E-state index is 0.281. The van der Waals surface area contributed by atoms with Gasteiger partial charge in [-0.05, 0) is 37.1 Å². The minimum atomic E-state index is 0.281. The molecule has 0 N–H and O–H groups in total. The summed E-state index contributed by atoms with van der Waals surface area (Å²) in [5.41, 5.74) is 3.10. The molecular formula is C12H10ClN3OS. The van der Waals surface area contributed by atoms with Crippen LogP contribution in [-0.2, 0) is 6.61 Å². The highest BCUT2D eigenvalue weighted by Gasteiger charge is 2.10. The monoisotopic (exact) mass is 279 g/mol. The zero-order valence-electron chi connectivity index (χ0n) is 9.90. The molecule has 0 saturated heterocycles. The van der Waals surface area contributed by atoms with Crippen molar-refractivity contribution in [1.82, 2.24) is 9.59 Å². The van der Waals surface area contributed by atoms with Gasteiger partial charge >= 0.3 is 0 Å². The molecule has 0 unspecified atom stereocenters. The van der Waals surface area contributed by atoms with Crippen molar-refractivity contribution in [2.24, 2.45) is 0 Å². The summed E-state index contributed by atoms with van der Waals surface area (Å²) in [5.74, 6) is 0.762. The van der Waals surface area contributed by atoms with E-state index < -0.39 is 0 Å². The highest BCUT2D eigenvalue weighted by Crippen LogP contribution is 2.26. The van der Waals surface area contributed by atoms with Crippen LogP contribution in [0, 0.1) is 25.2 Å². The smallest absolute Gasteiger partial charge is 0.141 e. The summed E-state index contributed by atoms with van der Waals surface area (Å²) < 4.78 is 9.99. The van der Waals surface area contributed by atoms with Crippen LogP contribution in [0.3, 0.4) is 0 Å². The summed E-state index contributed by atoms with van der Waals surface area (Å²) in [6.45, 7) is 4.09. The molecule has 0 bridgehead atoms. The van der Waals surface area contributed by atoms with Crippen molar-refractivity contribution in [2.45, 2.75) is 20.5 Å². The van der Waals surface area contributed by atoms with Crippen LogP contribution in [-0.4, -0.2) is 9.59 Å². The summed E-state index contributed by atoms with van der Waals surface area (Å²) in [6, 6.07) is 5.71. The Hall–Kier alpha value is -1.64. The van der Waals surface area contributed by atoms with E-state index in [0.29, 0.717) is 15.6 Å². The topological polar surface area (TPSA) is 58.8 Å². The Balaban J connectivity index is 2.20. The Kier molecular flexibility index (Phi) is 3.80. The summed E-state index contributed by atoms with van der Waals surface area (Å²) in [6.07, 6.45) is 0. The first-order valence-electron chi connectivity index (χ1n) is 5.22. The second kappa shape index (κ2) is 5.34. The van der Waals surface area contributed by atoms with Crippen molar-refractivity contribution in [1.29, 1.82) is 5.26 Å². The van der Waals surface area contributed by atoms with Crippen molar-refractivity contribution in [2.75, 3.05) is 0 Å². The molecule has 6 heteroatoms. The lowest BCUT2D eigenvalue weighted by Gasteiger charge is -2.11. The molecule has 0 spiro atoms. The van der Waals surface area contributed by atoms with E-state index in [1.165, 1.54) is 0 Å². The highest BCUT2D eigenvalue weighted by molar-refractivity contribution is 7.10. The van der Waals surface area contributed by atoms with Crippen molar-refractivity contribution < 1.29 is 4.74 Å². The normalized spacial score (nSPS) is 10.1. The lowest BCUT2D eigenvalue weighted by molar-refractivity contribution is 0.297. The standard InChI is InChI=1S/C12H10ClN3OS/c1-7-3-9(5-14)4-8(2)11(7)17-6-10-12(13)18-16-15-10/h3-4H,6H2,1-2H3. The third-order valence-corrected chi connectivity index (χ3v) is 3.44. The van der Waals surface area contributed by atoms with Crippen LogP contribution in [0.1, 0.15) is 22.4 Å². The maximum Gasteiger partial charge on any atom is 0.141 e. The molecule has 0 aliphatic heterocycles. The molecule has 2 aromatic rings. The molecule has 1 aromatic carbocycles. The van der Waals surface area contributed by atoms with Gasteiger partial charge in [0.25, 0.3) is 0 Å². The predicted octanol–water partition coefficient (Wildman–Crippen LogP) is 3.26. The fraction of sp³-hybridized carbons (Fsp3) is 0.250. The molecule has 4 nitrogen and oxygen atoms in total. The van der Waals surface area contributed by atoms with Gasteiger partial charge in [0, 0.05) is 11.5 Å². The molecule has 0 atom stereocenters. The Labute approximate surface area is 114 Å². The molecule has 18 heavy (non-hydrogen) atoms. The summed E-state index contributed by atoms with van der Waals surface area (Å²) in [5, 5.41) is 12.8. The van der Waals surface area contributed by atoms with Crippen LogP contribution < -0.4 is 4.74 Å². The van der Waals surface area contributed by atoms with Crippen molar-refractivity contribution >= 4 is 23.1 Å². The van der Waals surface area contributed by atoms with Crippen LogP contribution in [0.5, 0.6) is 5.75 Å². The minimum Gasteiger partial charge on any atom is -0.487 e. The first kappa shape index (κ1) is 12.8. The van der Waals surface area contributed by atoms with E-state index in [-0.39, 0.29) is 6.61 Å². The third-order valence-electron chi connectivity index (χ3n) is 2.45. The molecule has 0 saturated carbocycles. The predicted molar refractivity (Wildman–Crippen MR) is 69.9 cm³/mol. The molecule has 0 aliphatic rings. The van der Waals surface area contributed by atoms with Crippen molar-refractivity contribution in [3.63, 3.8) is 0 Å². The lowest BCUT2D eigenvalue weighted by atomic mass is 10.1. The van der Waals surface area contributed by atoms with Gasteiger partial charge in [-0.1, -0.05) is 16.1 Å². The average Bonchev–Trinajstić information content (AvgIpc) is 2.73. The maximum absolute atomic E-state index is 8.87. The first-order valence-corrected chi connectivity index (χ1v) is 6.38. The van der Waals surface area contributed by atoms with E-state index in [1.807, 2.05) is 13.8 Å². The van der Waals surface area contributed by atoms with Gasteiger partial charge in [-0.2, -0.15) is 5.26 Å². The number of ether oxygens (including phenoxy) is 1. The lowest BCUT2D eigenvalue weighted by Crippen LogP contribution is -2.00. The van der Waals surface area contributed by atoms with Crippen molar-refractivity contribution in [3.8, 4) is 11.8 Å². The van der Waals surface area contributed by atoms with Gasteiger partial charge in [-0.15, -0.1) is 5.10 Å². The zero-order valence-corrected chi connectivity index (χ0v) is 11.5. The van der Waals surface area contributed by atoms with E-state index in [2.05, 4.69) is 15.7 Å². The fourth-order valence-electron chi connectivity index (χ4n) is 1.67. The number of hydrogen-bond acceptors (Lipinski definition) is 5. The summed E-state index contributed by atoms with van der Waals surface area (Å²) in [4.78, 5) is 0. The van der Waals surface area contributed by atoms with Gasteiger partial charge in [0.15, 0.2) is 0 Å². The van der Waals surface area contributed by atoms with E-state index in [0.717, 1.165) is 28.4 Å². The SMILES string of the molecule is Cc1cc(C#N)cc(C)c1OCc1nnsc1Cl. The number of benzene rings is 1. The number of aryl methyl sites for hydroxylation is 2. The molecule has 0 radical (unpaired) electrons. The first-order chi connectivity index (χ1) is 8.61. The number of hydrogen-bond donors (Lipinski definition) is 0. The maximum atomic E-state index is 8.87. The van der Waals surface area contributed by atoms with E-state index >= 15 is 0 Å². The highest BCUT2D eigenvalue weighted by atomic mass is 35.5. The van der Waals surface area contributed by atoms with Gasteiger partial charge in [0.2, 0.25) is 0 Å². The van der Waals surface area contributed by atoms with Crippen LogP contribution in [0.4, 0.5) is 0 Å². The Morgan fingerprint density at radius 1 is 1.39 bits per heavy atom. The van der Waals surface area contributed by atoms with Gasteiger partial charge < -0.3 is 4.74 Å². The molecule has 0 amide bonds. The Bertz CT molecular complexity index is 595. The molecule has 1 aromatic heterocycles. The Morgan fingerprint density at radius 3 is 2.56 bits per heavy atom. The largest absolute Gasteiger partial charge is 0.487 e. The van der Waals surface area contributed by atoms with Gasteiger partial charge in [0.05, 0.1) is 11.6 Å². The number of rotatable bonds is 3. The van der Waals surface area contributed by atoms with E-state index in [4.69, 9.17) is 21.6 Å². The van der Waals surface area contributed by atoms with E-state index in [1.54, 1.807) is 12.1 Å². The second-order valence-electron chi connectivity index (χ2n) is 3.83. The Morgan fingerprint density at radius 2 is 2.06 bits per heavy atom. The van der Waals surface area contributed by atoms with E-state index in [9.17, 15) is 0 Å².